The molecule has 4 nitrogen and oxygen atoms in total. The number of aryl methyl sites for hydroxylation is 1. The number of carbonyl (C=O) groups excluding carboxylic acids is 1. The summed E-state index contributed by atoms with van der Waals surface area (Å²) in [4.78, 5) is 13.1. The molecule has 0 spiro atoms. The first-order valence-corrected chi connectivity index (χ1v) is 4.99. The number of likely N-dealkylation sites (tertiary alicyclic amines) is 1. The van der Waals surface area contributed by atoms with Crippen LogP contribution in [0.25, 0.3) is 0 Å². The molecule has 14 heavy (non-hydrogen) atoms. The molecule has 1 aromatic heterocycles. The Bertz CT molecular complexity index is 326. The number of aromatic nitrogens is 2. The first-order valence-electron chi connectivity index (χ1n) is 4.99. The fourth-order valence-electron chi connectivity index (χ4n) is 1.93. The summed E-state index contributed by atoms with van der Waals surface area (Å²) >= 11 is 0. The highest BCUT2D eigenvalue weighted by molar-refractivity contribution is 5.75. The third kappa shape index (κ3) is 1.85. The van der Waals surface area contributed by atoms with Gasteiger partial charge in [0.1, 0.15) is 0 Å². The lowest BCUT2D eigenvalue weighted by atomic mass is 10.2. The zero-order chi connectivity index (χ0) is 9.97. The summed E-state index contributed by atoms with van der Waals surface area (Å²) in [6.45, 7) is 3.08. The molecule has 1 aromatic rings. The molecule has 1 aliphatic heterocycles. The number of hydrogen-bond donors (Lipinski definition) is 0. The van der Waals surface area contributed by atoms with Gasteiger partial charge in [-0.1, -0.05) is 0 Å². The van der Waals surface area contributed by atoms with Crippen molar-refractivity contribution >= 4 is 6.29 Å². The van der Waals surface area contributed by atoms with Crippen molar-refractivity contribution < 1.29 is 4.79 Å². The molecular formula is C10H15N3O. The predicted octanol–water partition coefficient (Wildman–Crippen LogP) is 0.828. The van der Waals surface area contributed by atoms with Crippen molar-refractivity contribution in [3.63, 3.8) is 0 Å². The summed E-state index contributed by atoms with van der Waals surface area (Å²) in [6, 6.07) is 0. The molecule has 76 valence electrons. The van der Waals surface area contributed by atoms with Crippen LogP contribution in [0, 0.1) is 0 Å². The van der Waals surface area contributed by atoms with Crippen molar-refractivity contribution in [2.45, 2.75) is 19.4 Å². The van der Waals surface area contributed by atoms with Gasteiger partial charge in [0.2, 0.25) is 0 Å². The van der Waals surface area contributed by atoms with E-state index in [0.29, 0.717) is 0 Å². The van der Waals surface area contributed by atoms with Gasteiger partial charge in [0.15, 0.2) is 6.29 Å². The fraction of sp³-hybridized carbons (Fsp3) is 0.600. The van der Waals surface area contributed by atoms with E-state index < -0.39 is 0 Å². The van der Waals surface area contributed by atoms with Gasteiger partial charge in [-0.25, -0.2) is 0 Å². The highest BCUT2D eigenvalue weighted by Crippen LogP contribution is 2.13. The Morgan fingerprint density at radius 1 is 1.50 bits per heavy atom. The van der Waals surface area contributed by atoms with E-state index in [9.17, 15) is 4.79 Å². The van der Waals surface area contributed by atoms with Crippen LogP contribution in [0.2, 0.25) is 0 Å². The molecule has 1 saturated heterocycles. The fourth-order valence-corrected chi connectivity index (χ4v) is 1.93. The van der Waals surface area contributed by atoms with E-state index in [1.54, 1.807) is 10.9 Å². The van der Waals surface area contributed by atoms with Crippen LogP contribution in [0.3, 0.4) is 0 Å². The Labute approximate surface area is 83.5 Å². The molecule has 2 rings (SSSR count). The lowest BCUT2D eigenvalue weighted by Crippen LogP contribution is -2.19. The molecule has 2 heterocycles. The average Bonchev–Trinajstić information content (AvgIpc) is 2.76. The number of aldehydes is 1. The topological polar surface area (TPSA) is 38.1 Å². The lowest BCUT2D eigenvalue weighted by molar-refractivity contribution is 0.112. The maximum atomic E-state index is 10.7. The molecule has 0 atom stereocenters. The summed E-state index contributed by atoms with van der Waals surface area (Å²) in [6.07, 6.45) is 5.20. The van der Waals surface area contributed by atoms with Crippen LogP contribution >= 0.6 is 0 Å². The Balaban J connectivity index is 2.10. The van der Waals surface area contributed by atoms with Gasteiger partial charge in [-0.05, 0) is 25.9 Å². The lowest BCUT2D eigenvalue weighted by Gasteiger charge is -2.12. The first-order chi connectivity index (χ1) is 6.79. The Kier molecular flexibility index (Phi) is 2.63. The maximum absolute atomic E-state index is 10.7. The van der Waals surface area contributed by atoms with Gasteiger partial charge >= 0.3 is 0 Å². The smallest absolute Gasteiger partial charge is 0.153 e. The van der Waals surface area contributed by atoms with Gasteiger partial charge in [0.05, 0.1) is 11.3 Å². The van der Waals surface area contributed by atoms with Crippen molar-refractivity contribution in [2.24, 2.45) is 7.05 Å². The van der Waals surface area contributed by atoms with Crippen LogP contribution < -0.4 is 0 Å². The van der Waals surface area contributed by atoms with Gasteiger partial charge in [-0.3, -0.25) is 14.4 Å². The van der Waals surface area contributed by atoms with E-state index in [1.807, 2.05) is 7.05 Å². The molecule has 0 unspecified atom stereocenters. The van der Waals surface area contributed by atoms with Crippen molar-refractivity contribution in [1.29, 1.82) is 0 Å². The van der Waals surface area contributed by atoms with Crippen LogP contribution in [0.1, 0.15) is 28.9 Å². The second kappa shape index (κ2) is 3.92. The minimum absolute atomic E-state index is 0.722. The molecular weight excluding hydrogens is 178 g/mol. The van der Waals surface area contributed by atoms with Crippen molar-refractivity contribution in [1.82, 2.24) is 14.7 Å². The van der Waals surface area contributed by atoms with Crippen LogP contribution in [0.4, 0.5) is 0 Å². The quantitative estimate of drug-likeness (QED) is 0.667. The Hall–Kier alpha value is -1.16. The summed E-state index contributed by atoms with van der Waals surface area (Å²) < 4.78 is 1.70. The number of carbonyl (C=O) groups is 1. The summed E-state index contributed by atoms with van der Waals surface area (Å²) in [5.74, 6) is 0. The molecule has 0 radical (unpaired) electrons. The molecule has 0 N–H and O–H groups in total. The number of rotatable bonds is 3. The monoisotopic (exact) mass is 193 g/mol. The largest absolute Gasteiger partial charge is 0.298 e. The zero-order valence-corrected chi connectivity index (χ0v) is 8.44. The van der Waals surface area contributed by atoms with Gasteiger partial charge in [-0.15, -0.1) is 0 Å². The van der Waals surface area contributed by atoms with Crippen LogP contribution in [0.5, 0.6) is 0 Å². The van der Waals surface area contributed by atoms with E-state index in [0.717, 1.165) is 37.2 Å². The van der Waals surface area contributed by atoms with E-state index >= 15 is 0 Å². The minimum atomic E-state index is 0.722. The molecule has 4 heteroatoms. The van der Waals surface area contributed by atoms with Gasteiger partial charge in [0, 0.05) is 19.8 Å². The standard InChI is InChI=1S/C10H15N3O/c1-12-6-9(8-14)10(11-12)7-13-4-2-3-5-13/h6,8H,2-5,7H2,1H3. The third-order valence-electron chi connectivity index (χ3n) is 2.64. The molecule has 1 fully saturated rings. The van der Waals surface area contributed by atoms with E-state index in [1.165, 1.54) is 12.8 Å². The SMILES string of the molecule is Cn1cc(C=O)c(CN2CCCC2)n1. The van der Waals surface area contributed by atoms with E-state index in [2.05, 4.69) is 10.00 Å². The molecule has 0 aliphatic carbocycles. The molecule has 0 aromatic carbocycles. The summed E-state index contributed by atoms with van der Waals surface area (Å²) in [7, 11) is 1.85. The van der Waals surface area contributed by atoms with Gasteiger partial charge in [-0.2, -0.15) is 5.10 Å². The second-order valence-corrected chi connectivity index (χ2v) is 3.81. The maximum Gasteiger partial charge on any atom is 0.153 e. The number of hydrogen-bond acceptors (Lipinski definition) is 3. The summed E-state index contributed by atoms with van der Waals surface area (Å²) in [5.41, 5.74) is 1.63. The molecule has 1 aliphatic rings. The summed E-state index contributed by atoms with van der Waals surface area (Å²) in [5, 5.41) is 4.29. The average molecular weight is 193 g/mol. The Morgan fingerprint density at radius 2 is 2.21 bits per heavy atom. The van der Waals surface area contributed by atoms with Crippen molar-refractivity contribution in [3.05, 3.63) is 17.5 Å². The highest BCUT2D eigenvalue weighted by atomic mass is 16.1. The van der Waals surface area contributed by atoms with Gasteiger partial charge < -0.3 is 0 Å². The first kappa shape index (κ1) is 9.40. The van der Waals surface area contributed by atoms with E-state index in [-0.39, 0.29) is 0 Å². The molecule has 0 bridgehead atoms. The van der Waals surface area contributed by atoms with Crippen molar-refractivity contribution in [3.8, 4) is 0 Å². The number of nitrogens with zero attached hydrogens (tertiary/aromatic N) is 3. The predicted molar refractivity (Wildman–Crippen MR) is 53.1 cm³/mol. The van der Waals surface area contributed by atoms with E-state index in [4.69, 9.17) is 0 Å². The zero-order valence-electron chi connectivity index (χ0n) is 8.44. The normalized spacial score (nSPS) is 17.5. The van der Waals surface area contributed by atoms with Crippen LogP contribution in [0.15, 0.2) is 6.20 Å². The van der Waals surface area contributed by atoms with Crippen LogP contribution in [-0.4, -0.2) is 34.1 Å². The second-order valence-electron chi connectivity index (χ2n) is 3.81. The molecule has 0 amide bonds. The highest BCUT2D eigenvalue weighted by Gasteiger charge is 2.15. The van der Waals surface area contributed by atoms with Gasteiger partial charge in [0.25, 0.3) is 0 Å². The minimum Gasteiger partial charge on any atom is -0.298 e. The Morgan fingerprint density at radius 3 is 2.86 bits per heavy atom. The molecule has 0 saturated carbocycles. The third-order valence-corrected chi connectivity index (χ3v) is 2.64. The van der Waals surface area contributed by atoms with Crippen LogP contribution in [-0.2, 0) is 13.6 Å². The van der Waals surface area contributed by atoms with Crippen molar-refractivity contribution in [2.75, 3.05) is 13.1 Å².